The molecular weight excluding hydrogens is 254 g/mol. The highest BCUT2D eigenvalue weighted by Gasteiger charge is 2.61. The zero-order valence-corrected chi connectivity index (χ0v) is 12.3. The maximum absolute atomic E-state index is 12.1. The van der Waals surface area contributed by atoms with Gasteiger partial charge in [0.2, 0.25) is 0 Å². The van der Waals surface area contributed by atoms with Gasteiger partial charge < -0.3 is 9.47 Å². The summed E-state index contributed by atoms with van der Waals surface area (Å²) in [5.74, 6) is -0.00679. The predicted octanol–water partition coefficient (Wildman–Crippen LogP) is 2.82. The molecule has 0 heterocycles. The summed E-state index contributed by atoms with van der Waals surface area (Å²) in [5.41, 5.74) is -0.484. The number of nitrogens with zero attached hydrogens (tertiary/aromatic N) is 1. The van der Waals surface area contributed by atoms with Crippen LogP contribution in [0.15, 0.2) is 24.3 Å². The molecule has 1 saturated carbocycles. The number of methoxy groups -OCH3 is 1. The van der Waals surface area contributed by atoms with Gasteiger partial charge in [-0.05, 0) is 44.9 Å². The van der Waals surface area contributed by atoms with E-state index in [1.54, 1.807) is 7.11 Å². The van der Waals surface area contributed by atoms with Crippen LogP contribution >= 0.6 is 0 Å². The molecule has 0 aliphatic heterocycles. The van der Waals surface area contributed by atoms with E-state index in [4.69, 9.17) is 9.47 Å². The fourth-order valence-corrected chi connectivity index (χ4v) is 2.33. The highest BCUT2D eigenvalue weighted by Crippen LogP contribution is 2.55. The second kappa shape index (κ2) is 4.82. The van der Waals surface area contributed by atoms with E-state index < -0.39 is 11.0 Å². The summed E-state index contributed by atoms with van der Waals surface area (Å²) in [5, 5.41) is 9.49. The number of ether oxygens (including phenoxy) is 2. The summed E-state index contributed by atoms with van der Waals surface area (Å²) in [7, 11) is 1.58. The van der Waals surface area contributed by atoms with Gasteiger partial charge in [0.25, 0.3) is 0 Å². The van der Waals surface area contributed by atoms with Crippen LogP contribution in [0.2, 0.25) is 0 Å². The van der Waals surface area contributed by atoms with Crippen molar-refractivity contribution in [1.82, 2.24) is 0 Å². The summed E-state index contributed by atoms with van der Waals surface area (Å²) in [4.78, 5) is 12.1. The summed E-state index contributed by atoms with van der Waals surface area (Å²) in [6.07, 6.45) is 0.506. The Kier molecular flexibility index (Phi) is 3.47. The fourth-order valence-electron chi connectivity index (χ4n) is 2.33. The molecule has 2 atom stereocenters. The van der Waals surface area contributed by atoms with Crippen molar-refractivity contribution in [3.8, 4) is 11.8 Å². The van der Waals surface area contributed by atoms with Crippen molar-refractivity contribution in [2.75, 3.05) is 7.11 Å². The maximum atomic E-state index is 12.1. The molecule has 4 heteroatoms. The van der Waals surface area contributed by atoms with Crippen LogP contribution < -0.4 is 4.74 Å². The number of carbonyl (C=O) groups excluding carboxylic acids is 1. The third kappa shape index (κ3) is 2.62. The van der Waals surface area contributed by atoms with E-state index in [0.29, 0.717) is 12.2 Å². The van der Waals surface area contributed by atoms with Gasteiger partial charge in [-0.3, -0.25) is 4.79 Å². The molecule has 106 valence electrons. The van der Waals surface area contributed by atoms with Crippen LogP contribution in [0.4, 0.5) is 0 Å². The largest absolute Gasteiger partial charge is 0.497 e. The first-order chi connectivity index (χ1) is 9.32. The van der Waals surface area contributed by atoms with Crippen molar-refractivity contribution < 1.29 is 14.3 Å². The van der Waals surface area contributed by atoms with Crippen molar-refractivity contribution in [2.24, 2.45) is 5.92 Å². The van der Waals surface area contributed by atoms with E-state index in [0.717, 1.165) is 5.56 Å². The minimum atomic E-state index is -0.767. The second-order valence-electron chi connectivity index (χ2n) is 6.11. The number of benzene rings is 1. The van der Waals surface area contributed by atoms with E-state index in [1.165, 1.54) is 0 Å². The number of rotatable bonds is 3. The Hall–Kier alpha value is -2.02. The molecule has 0 saturated heterocycles. The van der Waals surface area contributed by atoms with Crippen molar-refractivity contribution in [2.45, 2.75) is 38.2 Å². The number of hydrogen-bond acceptors (Lipinski definition) is 4. The van der Waals surface area contributed by atoms with Gasteiger partial charge in [0, 0.05) is 0 Å². The lowest BCUT2D eigenvalue weighted by molar-refractivity contribution is -0.156. The Morgan fingerprint density at radius 3 is 2.70 bits per heavy atom. The molecule has 1 aromatic carbocycles. The highest BCUT2D eigenvalue weighted by atomic mass is 16.6. The average Bonchev–Trinajstić information content (AvgIpc) is 3.13. The Bertz CT molecular complexity index is 568. The number of esters is 1. The Morgan fingerprint density at radius 2 is 2.15 bits per heavy atom. The average molecular weight is 273 g/mol. The van der Waals surface area contributed by atoms with Gasteiger partial charge >= 0.3 is 5.97 Å². The monoisotopic (exact) mass is 273 g/mol. The lowest BCUT2D eigenvalue weighted by Gasteiger charge is -2.20. The first-order valence-electron chi connectivity index (χ1n) is 6.61. The molecule has 2 rings (SSSR count). The van der Waals surface area contributed by atoms with Gasteiger partial charge in [-0.1, -0.05) is 12.1 Å². The normalized spacial score (nSPS) is 24.6. The minimum absolute atomic E-state index is 0.304. The Labute approximate surface area is 119 Å². The van der Waals surface area contributed by atoms with E-state index in [2.05, 4.69) is 6.07 Å². The van der Waals surface area contributed by atoms with Crippen LogP contribution in [0.1, 0.15) is 32.8 Å². The third-order valence-corrected chi connectivity index (χ3v) is 3.44. The van der Waals surface area contributed by atoms with Gasteiger partial charge in [0.05, 0.1) is 24.5 Å². The zero-order valence-electron chi connectivity index (χ0n) is 12.3. The molecule has 0 spiro atoms. The van der Waals surface area contributed by atoms with Crippen LogP contribution in [0.5, 0.6) is 5.75 Å². The lowest BCUT2D eigenvalue weighted by atomic mass is 9.94. The first kappa shape index (κ1) is 14.4. The van der Waals surface area contributed by atoms with Crippen molar-refractivity contribution in [3.05, 3.63) is 29.8 Å². The summed E-state index contributed by atoms with van der Waals surface area (Å²) in [6.45, 7) is 5.48. The number of nitriles is 1. The quantitative estimate of drug-likeness (QED) is 0.794. The molecule has 0 bridgehead atoms. The second-order valence-corrected chi connectivity index (χ2v) is 6.11. The SMILES string of the molecule is COc1cccc(C2(C#N)CC2C(=O)OC(C)(C)C)c1. The molecule has 0 aromatic heterocycles. The minimum Gasteiger partial charge on any atom is -0.497 e. The molecular formula is C16H19NO3. The van der Waals surface area contributed by atoms with Crippen LogP contribution in [0.25, 0.3) is 0 Å². The Balaban J connectivity index is 2.22. The van der Waals surface area contributed by atoms with Crippen molar-refractivity contribution >= 4 is 5.97 Å². The number of carbonyl (C=O) groups is 1. The molecule has 4 nitrogen and oxygen atoms in total. The van der Waals surface area contributed by atoms with E-state index in [9.17, 15) is 10.1 Å². The van der Waals surface area contributed by atoms with Crippen LogP contribution in [-0.4, -0.2) is 18.7 Å². The molecule has 1 aliphatic carbocycles. The molecule has 1 fully saturated rings. The van der Waals surface area contributed by atoms with E-state index in [-0.39, 0.29) is 11.9 Å². The van der Waals surface area contributed by atoms with Gasteiger partial charge in [0.15, 0.2) is 0 Å². The zero-order chi connectivity index (χ0) is 15.0. The smallest absolute Gasteiger partial charge is 0.311 e. The fraction of sp³-hybridized carbons (Fsp3) is 0.500. The van der Waals surface area contributed by atoms with Gasteiger partial charge in [-0.2, -0.15) is 5.26 Å². The third-order valence-electron chi connectivity index (χ3n) is 3.44. The topological polar surface area (TPSA) is 59.3 Å². The van der Waals surface area contributed by atoms with Crippen molar-refractivity contribution in [3.63, 3.8) is 0 Å². The molecule has 1 aromatic rings. The first-order valence-corrected chi connectivity index (χ1v) is 6.61. The predicted molar refractivity (Wildman–Crippen MR) is 74.2 cm³/mol. The number of hydrogen-bond donors (Lipinski definition) is 0. The summed E-state index contributed by atoms with van der Waals surface area (Å²) in [6, 6.07) is 9.60. The summed E-state index contributed by atoms with van der Waals surface area (Å²) >= 11 is 0. The van der Waals surface area contributed by atoms with Gasteiger partial charge in [-0.15, -0.1) is 0 Å². The molecule has 20 heavy (non-hydrogen) atoms. The Morgan fingerprint density at radius 1 is 1.45 bits per heavy atom. The van der Waals surface area contributed by atoms with E-state index >= 15 is 0 Å². The maximum Gasteiger partial charge on any atom is 0.311 e. The summed E-state index contributed by atoms with van der Waals surface area (Å²) < 4.78 is 10.5. The van der Waals surface area contributed by atoms with Crippen molar-refractivity contribution in [1.29, 1.82) is 5.26 Å². The van der Waals surface area contributed by atoms with Gasteiger partial charge in [-0.25, -0.2) is 0 Å². The molecule has 1 aliphatic rings. The molecule has 2 unspecified atom stereocenters. The van der Waals surface area contributed by atoms with Gasteiger partial charge in [0.1, 0.15) is 11.4 Å². The van der Waals surface area contributed by atoms with E-state index in [1.807, 2.05) is 45.0 Å². The highest BCUT2D eigenvalue weighted by molar-refractivity contribution is 5.81. The van der Waals surface area contributed by atoms with Crippen LogP contribution in [0, 0.1) is 17.2 Å². The van der Waals surface area contributed by atoms with Crippen LogP contribution in [0.3, 0.4) is 0 Å². The standard InChI is InChI=1S/C16H19NO3/c1-15(2,3)20-14(18)13-9-16(13,10-17)11-6-5-7-12(8-11)19-4/h5-8,13H,9H2,1-4H3. The molecule has 0 radical (unpaired) electrons. The van der Waals surface area contributed by atoms with Crippen LogP contribution in [-0.2, 0) is 14.9 Å². The molecule has 0 amide bonds. The molecule has 0 N–H and O–H groups in total. The lowest BCUT2D eigenvalue weighted by Crippen LogP contribution is -2.27.